The van der Waals surface area contributed by atoms with Gasteiger partial charge >= 0.3 is 0 Å². The summed E-state index contributed by atoms with van der Waals surface area (Å²) in [4.78, 5) is 5.02. The summed E-state index contributed by atoms with van der Waals surface area (Å²) in [7, 11) is -1.77. The maximum absolute atomic E-state index is 12.5. The first kappa shape index (κ1) is 24.3. The molecule has 1 aliphatic rings. The third-order valence-corrected chi connectivity index (χ3v) is 7.31. The number of anilines is 1. The van der Waals surface area contributed by atoms with Crippen LogP contribution in [0.2, 0.25) is 0 Å². The lowest BCUT2D eigenvalue weighted by Gasteiger charge is -2.36. The molecule has 6 nitrogen and oxygen atoms in total. The molecule has 0 unspecified atom stereocenters. The molecule has 1 aliphatic heterocycles. The number of nitrogens with one attached hydrogen (secondary N) is 1. The zero-order valence-corrected chi connectivity index (χ0v) is 20.1. The summed E-state index contributed by atoms with van der Waals surface area (Å²) in [6.07, 6.45) is 0. The second-order valence-corrected chi connectivity index (χ2v) is 9.67. The molecule has 0 bridgehead atoms. The Labute approximate surface area is 196 Å². The lowest BCUT2D eigenvalue weighted by Crippen LogP contribution is -2.48. The Morgan fingerprint density at radius 3 is 2.38 bits per heavy atom. The molecule has 3 aromatic carbocycles. The first-order chi connectivity index (χ1) is 15.0. The SMILES string of the molecule is COc1ccc2cccc(N3CCN(CCNS(=O)(=O)c4ccc(C)cc4)CC3)c2c1.Cl. The molecule has 3 aromatic rings. The average molecular weight is 476 g/mol. The van der Waals surface area contributed by atoms with Gasteiger partial charge in [0.15, 0.2) is 0 Å². The Hall–Kier alpha value is -2.32. The maximum Gasteiger partial charge on any atom is 0.240 e. The van der Waals surface area contributed by atoms with Crippen LogP contribution in [0.4, 0.5) is 5.69 Å². The van der Waals surface area contributed by atoms with E-state index in [0.717, 1.165) is 37.5 Å². The normalized spacial score (nSPS) is 14.9. The van der Waals surface area contributed by atoms with Gasteiger partial charge < -0.3 is 9.64 Å². The Balaban J connectivity index is 0.00000289. The summed E-state index contributed by atoms with van der Waals surface area (Å²) < 4.78 is 33.0. The minimum absolute atomic E-state index is 0. The fraction of sp³-hybridized carbons (Fsp3) is 0.333. The van der Waals surface area contributed by atoms with Gasteiger partial charge in [-0.05, 0) is 42.6 Å². The van der Waals surface area contributed by atoms with Crippen molar-refractivity contribution in [3.63, 3.8) is 0 Å². The second-order valence-electron chi connectivity index (χ2n) is 7.90. The summed E-state index contributed by atoms with van der Waals surface area (Å²) in [6.45, 7) is 6.64. The van der Waals surface area contributed by atoms with Gasteiger partial charge in [0.2, 0.25) is 10.0 Å². The lowest BCUT2D eigenvalue weighted by atomic mass is 10.1. The van der Waals surface area contributed by atoms with E-state index in [4.69, 9.17) is 4.74 Å². The van der Waals surface area contributed by atoms with Crippen molar-refractivity contribution < 1.29 is 13.2 Å². The van der Waals surface area contributed by atoms with Crippen molar-refractivity contribution in [1.82, 2.24) is 9.62 Å². The Bertz CT molecular complexity index is 1140. The standard InChI is InChI=1S/C24H29N3O3S.ClH/c1-19-6-10-22(11-7-19)31(28,29)25-12-13-26-14-16-27(17-15-26)24-5-3-4-20-8-9-21(30-2)18-23(20)24;/h3-11,18,25H,12-17H2,1-2H3;1H. The van der Waals surface area contributed by atoms with Gasteiger partial charge in [0.05, 0.1) is 12.0 Å². The van der Waals surface area contributed by atoms with E-state index in [0.29, 0.717) is 18.0 Å². The Morgan fingerprint density at radius 2 is 1.69 bits per heavy atom. The van der Waals surface area contributed by atoms with Crippen LogP contribution in [0.15, 0.2) is 65.6 Å². The van der Waals surface area contributed by atoms with Crippen LogP contribution in [-0.2, 0) is 10.0 Å². The van der Waals surface area contributed by atoms with E-state index < -0.39 is 10.0 Å². The first-order valence-corrected chi connectivity index (χ1v) is 12.0. The van der Waals surface area contributed by atoms with E-state index in [1.54, 1.807) is 19.2 Å². The molecule has 0 atom stereocenters. The van der Waals surface area contributed by atoms with E-state index in [9.17, 15) is 8.42 Å². The largest absolute Gasteiger partial charge is 0.497 e. The van der Waals surface area contributed by atoms with Crippen molar-refractivity contribution in [2.45, 2.75) is 11.8 Å². The van der Waals surface area contributed by atoms with Gasteiger partial charge in [0.1, 0.15) is 5.75 Å². The number of halogens is 1. The summed E-state index contributed by atoms with van der Waals surface area (Å²) in [6, 6.07) is 19.5. The molecule has 0 aromatic heterocycles. The number of rotatable bonds is 7. The predicted octanol–water partition coefficient (Wildman–Crippen LogP) is 3.68. The fourth-order valence-corrected chi connectivity index (χ4v) is 5.01. The zero-order chi connectivity index (χ0) is 21.8. The summed E-state index contributed by atoms with van der Waals surface area (Å²) >= 11 is 0. The number of aryl methyl sites for hydroxylation is 1. The molecular weight excluding hydrogens is 446 g/mol. The van der Waals surface area contributed by atoms with Crippen LogP contribution in [0, 0.1) is 6.92 Å². The van der Waals surface area contributed by atoms with Gasteiger partial charge in [0, 0.05) is 50.3 Å². The van der Waals surface area contributed by atoms with Crippen LogP contribution in [0.3, 0.4) is 0 Å². The van der Waals surface area contributed by atoms with Crippen molar-refractivity contribution in [2.75, 3.05) is 51.3 Å². The van der Waals surface area contributed by atoms with Crippen molar-refractivity contribution in [2.24, 2.45) is 0 Å². The van der Waals surface area contributed by atoms with Crippen LogP contribution in [-0.4, -0.2) is 59.7 Å². The summed E-state index contributed by atoms with van der Waals surface area (Å²) in [5.41, 5.74) is 2.26. The minimum atomic E-state index is -3.46. The first-order valence-electron chi connectivity index (χ1n) is 10.6. The molecule has 0 saturated carbocycles. The molecule has 1 saturated heterocycles. The molecule has 4 rings (SSSR count). The number of ether oxygens (including phenoxy) is 1. The highest BCUT2D eigenvalue weighted by molar-refractivity contribution is 7.89. The van der Waals surface area contributed by atoms with Gasteiger partial charge in [-0.2, -0.15) is 0 Å². The number of methoxy groups -OCH3 is 1. The van der Waals surface area contributed by atoms with Gasteiger partial charge in [-0.3, -0.25) is 4.90 Å². The molecule has 0 radical (unpaired) electrons. The van der Waals surface area contributed by atoms with E-state index in [1.165, 1.54) is 16.5 Å². The van der Waals surface area contributed by atoms with E-state index >= 15 is 0 Å². The molecule has 1 heterocycles. The molecule has 32 heavy (non-hydrogen) atoms. The van der Waals surface area contributed by atoms with Crippen LogP contribution in [0.1, 0.15) is 5.56 Å². The number of hydrogen-bond donors (Lipinski definition) is 1. The molecule has 172 valence electrons. The van der Waals surface area contributed by atoms with Gasteiger partial charge in [-0.1, -0.05) is 35.9 Å². The third kappa shape index (κ3) is 5.53. The lowest BCUT2D eigenvalue weighted by molar-refractivity contribution is 0.262. The number of hydrogen-bond acceptors (Lipinski definition) is 5. The molecule has 0 amide bonds. The van der Waals surface area contributed by atoms with Gasteiger partial charge in [-0.15, -0.1) is 12.4 Å². The maximum atomic E-state index is 12.5. The van der Waals surface area contributed by atoms with Crippen molar-refractivity contribution >= 4 is 38.9 Å². The highest BCUT2D eigenvalue weighted by Gasteiger charge is 2.20. The molecule has 0 aliphatic carbocycles. The summed E-state index contributed by atoms with van der Waals surface area (Å²) in [5.74, 6) is 0.861. The predicted molar refractivity (Wildman–Crippen MR) is 133 cm³/mol. The zero-order valence-electron chi connectivity index (χ0n) is 18.5. The molecule has 0 spiro atoms. The quantitative estimate of drug-likeness (QED) is 0.564. The molecular formula is C24H30ClN3O3S. The van der Waals surface area contributed by atoms with Crippen molar-refractivity contribution in [3.05, 3.63) is 66.2 Å². The second kappa shape index (κ2) is 10.5. The molecule has 1 fully saturated rings. The van der Waals surface area contributed by atoms with Crippen LogP contribution < -0.4 is 14.4 Å². The summed E-state index contributed by atoms with van der Waals surface area (Å²) in [5, 5.41) is 2.40. The smallest absolute Gasteiger partial charge is 0.240 e. The van der Waals surface area contributed by atoms with E-state index in [2.05, 4.69) is 44.9 Å². The topological polar surface area (TPSA) is 61.9 Å². The highest BCUT2D eigenvalue weighted by atomic mass is 35.5. The molecule has 8 heteroatoms. The number of sulfonamides is 1. The van der Waals surface area contributed by atoms with Crippen LogP contribution in [0.5, 0.6) is 5.75 Å². The number of piperazine rings is 1. The number of fused-ring (bicyclic) bond motifs is 1. The van der Waals surface area contributed by atoms with Crippen LogP contribution in [0.25, 0.3) is 10.8 Å². The molecule has 1 N–H and O–H groups in total. The Kier molecular flexibility index (Phi) is 8.00. The van der Waals surface area contributed by atoms with E-state index in [-0.39, 0.29) is 12.4 Å². The monoisotopic (exact) mass is 475 g/mol. The number of benzene rings is 3. The average Bonchev–Trinajstić information content (AvgIpc) is 2.79. The van der Waals surface area contributed by atoms with Gasteiger partial charge in [-0.25, -0.2) is 13.1 Å². The van der Waals surface area contributed by atoms with Gasteiger partial charge in [0.25, 0.3) is 0 Å². The third-order valence-electron chi connectivity index (χ3n) is 5.83. The fourth-order valence-electron chi connectivity index (χ4n) is 3.99. The highest BCUT2D eigenvalue weighted by Crippen LogP contribution is 2.30. The van der Waals surface area contributed by atoms with Crippen molar-refractivity contribution in [1.29, 1.82) is 0 Å². The number of nitrogens with zero attached hydrogens (tertiary/aromatic N) is 2. The van der Waals surface area contributed by atoms with Crippen molar-refractivity contribution in [3.8, 4) is 5.75 Å². The Morgan fingerprint density at radius 1 is 0.969 bits per heavy atom. The minimum Gasteiger partial charge on any atom is -0.497 e. The van der Waals surface area contributed by atoms with Crippen LogP contribution >= 0.6 is 12.4 Å². The van der Waals surface area contributed by atoms with E-state index in [1.807, 2.05) is 25.1 Å².